The van der Waals surface area contributed by atoms with Gasteiger partial charge in [-0.3, -0.25) is 4.79 Å². The first kappa shape index (κ1) is 8.05. The van der Waals surface area contributed by atoms with Crippen LogP contribution in [0.5, 0.6) is 0 Å². The number of nitrogens with zero attached hydrogens (tertiary/aromatic N) is 1. The summed E-state index contributed by atoms with van der Waals surface area (Å²) in [5.41, 5.74) is 0. The molecule has 0 aromatic rings. The third kappa shape index (κ3) is 2.22. The second kappa shape index (κ2) is 3.96. The Morgan fingerprint density at radius 2 is 2.45 bits per heavy atom. The molecule has 0 bridgehead atoms. The van der Waals surface area contributed by atoms with Gasteiger partial charge >= 0.3 is 0 Å². The predicted molar refractivity (Wildman–Crippen MR) is 44.9 cm³/mol. The molecule has 0 atom stereocenters. The lowest BCUT2D eigenvalue weighted by molar-refractivity contribution is -0.123. The Bertz CT molecular complexity index is 194. The van der Waals surface area contributed by atoms with Crippen molar-refractivity contribution in [2.75, 3.05) is 6.54 Å². The molecule has 0 aromatic heterocycles. The van der Waals surface area contributed by atoms with Crippen molar-refractivity contribution < 1.29 is 4.79 Å². The molecule has 0 spiro atoms. The Morgan fingerprint density at radius 1 is 1.64 bits per heavy atom. The lowest BCUT2D eigenvalue weighted by Gasteiger charge is -2.19. The van der Waals surface area contributed by atoms with Crippen molar-refractivity contribution in [3.8, 4) is 0 Å². The summed E-state index contributed by atoms with van der Waals surface area (Å²) in [4.78, 5) is 12.9. The van der Waals surface area contributed by atoms with Gasteiger partial charge in [-0.2, -0.15) is 0 Å². The number of carbonyl (C=O) groups is 1. The van der Waals surface area contributed by atoms with Crippen molar-refractivity contribution in [2.45, 2.75) is 19.8 Å². The third-order valence-corrected chi connectivity index (χ3v) is 1.65. The maximum atomic E-state index is 11.2. The van der Waals surface area contributed by atoms with Crippen LogP contribution in [0.1, 0.15) is 19.8 Å². The van der Waals surface area contributed by atoms with E-state index in [4.69, 9.17) is 0 Å². The van der Waals surface area contributed by atoms with Crippen molar-refractivity contribution in [3.63, 3.8) is 0 Å². The van der Waals surface area contributed by atoms with Gasteiger partial charge in [0.05, 0.1) is 0 Å². The number of hydrogen-bond acceptors (Lipinski definition) is 1. The fourth-order valence-electron chi connectivity index (χ4n) is 1.08. The van der Waals surface area contributed by atoms with Crippen LogP contribution < -0.4 is 0 Å². The normalized spacial score (nSPS) is 17.7. The van der Waals surface area contributed by atoms with Gasteiger partial charge in [0, 0.05) is 12.7 Å². The molecular formula is C9H13NO. The molecule has 1 amide bonds. The molecule has 0 saturated carbocycles. The van der Waals surface area contributed by atoms with Gasteiger partial charge in [-0.1, -0.05) is 12.2 Å². The molecule has 0 aliphatic carbocycles. The van der Waals surface area contributed by atoms with E-state index in [0.717, 1.165) is 19.4 Å². The quantitative estimate of drug-likeness (QED) is 0.522. The molecule has 2 heteroatoms. The summed E-state index contributed by atoms with van der Waals surface area (Å²) in [6, 6.07) is 0. The second-order valence-electron chi connectivity index (χ2n) is 2.56. The minimum absolute atomic E-state index is 0.0865. The largest absolute Gasteiger partial charge is 0.316 e. The first-order chi connectivity index (χ1) is 5.34. The molecule has 11 heavy (non-hydrogen) atoms. The monoisotopic (exact) mass is 151 g/mol. The van der Waals surface area contributed by atoms with Crippen LogP contribution in [0.15, 0.2) is 24.4 Å². The maximum Gasteiger partial charge on any atom is 0.250 e. The summed E-state index contributed by atoms with van der Waals surface area (Å²) < 4.78 is 0. The molecule has 60 valence electrons. The molecule has 1 aliphatic heterocycles. The summed E-state index contributed by atoms with van der Waals surface area (Å²) in [5, 5.41) is 0. The first-order valence-electron chi connectivity index (χ1n) is 3.94. The van der Waals surface area contributed by atoms with E-state index in [9.17, 15) is 4.79 Å². The Morgan fingerprint density at radius 3 is 3.00 bits per heavy atom. The minimum atomic E-state index is 0.0865. The Labute approximate surface area is 67.2 Å². The van der Waals surface area contributed by atoms with Gasteiger partial charge in [-0.15, -0.1) is 0 Å². The highest BCUT2D eigenvalue weighted by Crippen LogP contribution is 2.05. The lowest BCUT2D eigenvalue weighted by atomic mass is 10.2. The van der Waals surface area contributed by atoms with E-state index in [2.05, 4.69) is 0 Å². The zero-order chi connectivity index (χ0) is 8.10. The zero-order valence-electron chi connectivity index (χ0n) is 6.79. The average Bonchev–Trinajstić information content (AvgIpc) is 2.07. The van der Waals surface area contributed by atoms with Crippen molar-refractivity contribution in [2.24, 2.45) is 0 Å². The van der Waals surface area contributed by atoms with Gasteiger partial charge < -0.3 is 4.90 Å². The standard InChI is InChI=1S/C9H13NO/c1-2-6-9(11)10-7-4-3-5-8-10/h2,4,6-7H,3,5,8H2,1H3/b6-2+. The molecule has 0 fully saturated rings. The fourth-order valence-corrected chi connectivity index (χ4v) is 1.08. The van der Waals surface area contributed by atoms with Crippen LogP contribution in [0, 0.1) is 0 Å². The SMILES string of the molecule is C/C=C/C(=O)N1C=CCCC1. The number of hydrogen-bond donors (Lipinski definition) is 0. The fraction of sp³-hybridized carbons (Fsp3) is 0.444. The number of rotatable bonds is 1. The van der Waals surface area contributed by atoms with Gasteiger partial charge in [0.25, 0.3) is 0 Å². The number of allylic oxidation sites excluding steroid dienone is 2. The van der Waals surface area contributed by atoms with Crippen LogP contribution in [0.25, 0.3) is 0 Å². The average molecular weight is 151 g/mol. The lowest BCUT2D eigenvalue weighted by Crippen LogP contribution is -2.26. The zero-order valence-corrected chi connectivity index (χ0v) is 6.79. The highest BCUT2D eigenvalue weighted by Gasteiger charge is 2.08. The van der Waals surface area contributed by atoms with E-state index >= 15 is 0 Å². The molecule has 1 heterocycles. The summed E-state index contributed by atoms with van der Waals surface area (Å²) >= 11 is 0. The topological polar surface area (TPSA) is 20.3 Å². The van der Waals surface area contributed by atoms with Gasteiger partial charge in [-0.05, 0) is 25.8 Å². The van der Waals surface area contributed by atoms with Crippen molar-refractivity contribution in [1.29, 1.82) is 0 Å². The molecule has 0 aromatic carbocycles. The van der Waals surface area contributed by atoms with E-state index < -0.39 is 0 Å². The molecule has 0 radical (unpaired) electrons. The molecule has 2 nitrogen and oxygen atoms in total. The van der Waals surface area contributed by atoms with E-state index in [1.165, 1.54) is 0 Å². The second-order valence-corrected chi connectivity index (χ2v) is 2.56. The van der Waals surface area contributed by atoms with E-state index in [0.29, 0.717) is 0 Å². The third-order valence-electron chi connectivity index (χ3n) is 1.65. The molecule has 1 aliphatic rings. The summed E-state index contributed by atoms with van der Waals surface area (Å²) in [5.74, 6) is 0.0865. The van der Waals surface area contributed by atoms with Crippen LogP contribution >= 0.6 is 0 Å². The highest BCUT2D eigenvalue weighted by molar-refractivity contribution is 5.88. The van der Waals surface area contributed by atoms with Crippen molar-refractivity contribution in [1.82, 2.24) is 4.90 Å². The molecule has 0 saturated heterocycles. The maximum absolute atomic E-state index is 11.2. The van der Waals surface area contributed by atoms with Crippen LogP contribution in [-0.4, -0.2) is 17.4 Å². The predicted octanol–water partition coefficient (Wildman–Crippen LogP) is 1.70. The number of amides is 1. The molecule has 0 unspecified atom stereocenters. The van der Waals surface area contributed by atoms with Gasteiger partial charge in [0.1, 0.15) is 0 Å². The van der Waals surface area contributed by atoms with E-state index in [-0.39, 0.29) is 5.91 Å². The van der Waals surface area contributed by atoms with E-state index in [1.54, 1.807) is 17.1 Å². The van der Waals surface area contributed by atoms with Crippen molar-refractivity contribution in [3.05, 3.63) is 24.4 Å². The summed E-state index contributed by atoms with van der Waals surface area (Å²) in [6.07, 6.45) is 9.44. The first-order valence-corrected chi connectivity index (χ1v) is 3.94. The molecular weight excluding hydrogens is 138 g/mol. The van der Waals surface area contributed by atoms with Gasteiger partial charge in [0.15, 0.2) is 0 Å². The van der Waals surface area contributed by atoms with Crippen LogP contribution in [0.4, 0.5) is 0 Å². The Balaban J connectivity index is 2.52. The Kier molecular flexibility index (Phi) is 2.90. The molecule has 1 rings (SSSR count). The highest BCUT2D eigenvalue weighted by atomic mass is 16.2. The van der Waals surface area contributed by atoms with Gasteiger partial charge in [-0.25, -0.2) is 0 Å². The smallest absolute Gasteiger partial charge is 0.250 e. The van der Waals surface area contributed by atoms with Crippen LogP contribution in [-0.2, 0) is 4.79 Å². The minimum Gasteiger partial charge on any atom is -0.316 e. The van der Waals surface area contributed by atoms with Crippen LogP contribution in [0.3, 0.4) is 0 Å². The summed E-state index contributed by atoms with van der Waals surface area (Å²) in [7, 11) is 0. The van der Waals surface area contributed by atoms with Crippen LogP contribution in [0.2, 0.25) is 0 Å². The summed E-state index contributed by atoms with van der Waals surface area (Å²) in [6.45, 7) is 2.71. The van der Waals surface area contributed by atoms with Crippen molar-refractivity contribution >= 4 is 5.91 Å². The van der Waals surface area contributed by atoms with E-state index in [1.807, 2.05) is 19.2 Å². The molecule has 0 N–H and O–H groups in total. The Hall–Kier alpha value is -1.05. The number of carbonyl (C=O) groups excluding carboxylic acids is 1. The van der Waals surface area contributed by atoms with Gasteiger partial charge in [0.2, 0.25) is 5.91 Å².